The maximum Gasteiger partial charge on any atom is 0.326 e. The number of amides is 3. The van der Waals surface area contributed by atoms with Gasteiger partial charge in [-0.05, 0) is 13.3 Å². The minimum absolute atomic E-state index is 0.268. The summed E-state index contributed by atoms with van der Waals surface area (Å²) in [7, 11) is 0. The smallest absolute Gasteiger partial charge is 0.326 e. The number of rotatable bonds is 5. The number of carbonyl (C=O) groups is 3. The molecule has 7 nitrogen and oxygen atoms in total. The molecule has 0 aliphatic heterocycles. The van der Waals surface area contributed by atoms with E-state index in [1.165, 1.54) is 6.92 Å². The molecule has 0 saturated heterocycles. The monoisotopic (exact) mass is 217 g/mol. The summed E-state index contributed by atoms with van der Waals surface area (Å²) >= 11 is 0. The van der Waals surface area contributed by atoms with Crippen LogP contribution in [0.1, 0.15) is 20.3 Å². The molecular weight excluding hydrogens is 202 g/mol. The van der Waals surface area contributed by atoms with Gasteiger partial charge in [0.2, 0.25) is 5.91 Å². The summed E-state index contributed by atoms with van der Waals surface area (Å²) in [6, 6.07) is -2.63. The van der Waals surface area contributed by atoms with Gasteiger partial charge in [-0.2, -0.15) is 0 Å². The van der Waals surface area contributed by atoms with E-state index in [-0.39, 0.29) is 6.42 Å². The Kier molecular flexibility index (Phi) is 5.14. The van der Waals surface area contributed by atoms with Gasteiger partial charge in [-0.3, -0.25) is 4.79 Å². The predicted molar refractivity (Wildman–Crippen MR) is 52.0 cm³/mol. The zero-order valence-corrected chi connectivity index (χ0v) is 8.61. The molecule has 7 heteroatoms. The first-order valence-electron chi connectivity index (χ1n) is 4.47. The van der Waals surface area contributed by atoms with Crippen LogP contribution in [0.3, 0.4) is 0 Å². The number of carboxylic acids is 1. The van der Waals surface area contributed by atoms with Gasteiger partial charge >= 0.3 is 12.0 Å². The van der Waals surface area contributed by atoms with Gasteiger partial charge in [0.15, 0.2) is 0 Å². The van der Waals surface area contributed by atoms with Crippen LogP contribution in [-0.4, -0.2) is 35.1 Å². The maximum atomic E-state index is 11.3. The number of carbonyl (C=O) groups excluding carboxylic acids is 2. The Morgan fingerprint density at radius 1 is 1.33 bits per heavy atom. The molecule has 0 aromatic carbocycles. The van der Waals surface area contributed by atoms with Crippen LogP contribution in [0.5, 0.6) is 0 Å². The third kappa shape index (κ3) is 4.84. The highest BCUT2D eigenvalue weighted by Gasteiger charge is 2.21. The zero-order valence-electron chi connectivity index (χ0n) is 8.61. The van der Waals surface area contributed by atoms with Gasteiger partial charge in [-0.1, -0.05) is 6.92 Å². The van der Waals surface area contributed by atoms with E-state index in [0.717, 1.165) is 0 Å². The van der Waals surface area contributed by atoms with Crippen LogP contribution >= 0.6 is 0 Å². The quantitative estimate of drug-likeness (QED) is 0.473. The fourth-order valence-electron chi connectivity index (χ4n) is 0.914. The number of carboxylic acid groups (broad SMARTS) is 1. The lowest BCUT2D eigenvalue weighted by atomic mass is 10.2. The van der Waals surface area contributed by atoms with E-state index in [2.05, 4.69) is 10.6 Å². The summed E-state index contributed by atoms with van der Waals surface area (Å²) in [5, 5.41) is 13.1. The number of nitrogens with two attached hydrogens (primary N) is 1. The summed E-state index contributed by atoms with van der Waals surface area (Å²) in [6.45, 7) is 3.04. The molecule has 0 saturated carbocycles. The van der Waals surface area contributed by atoms with Crippen LogP contribution in [-0.2, 0) is 9.59 Å². The lowest BCUT2D eigenvalue weighted by Crippen LogP contribution is -2.51. The van der Waals surface area contributed by atoms with E-state index in [4.69, 9.17) is 10.8 Å². The molecule has 15 heavy (non-hydrogen) atoms. The average Bonchev–Trinajstić information content (AvgIpc) is 2.11. The minimum atomic E-state index is -1.11. The van der Waals surface area contributed by atoms with Crippen molar-refractivity contribution in [2.75, 3.05) is 0 Å². The Balaban J connectivity index is 4.21. The highest BCUT2D eigenvalue weighted by Crippen LogP contribution is 1.92. The van der Waals surface area contributed by atoms with E-state index < -0.39 is 30.0 Å². The van der Waals surface area contributed by atoms with Crippen LogP contribution in [0.15, 0.2) is 0 Å². The molecule has 0 aromatic heterocycles. The van der Waals surface area contributed by atoms with Crippen LogP contribution in [0, 0.1) is 0 Å². The van der Waals surface area contributed by atoms with Gasteiger partial charge in [-0.25, -0.2) is 9.59 Å². The third-order valence-electron chi connectivity index (χ3n) is 1.77. The Morgan fingerprint density at radius 2 is 1.87 bits per heavy atom. The van der Waals surface area contributed by atoms with Gasteiger partial charge in [0.05, 0.1) is 0 Å². The van der Waals surface area contributed by atoms with Crippen molar-refractivity contribution in [2.45, 2.75) is 32.4 Å². The highest BCUT2D eigenvalue weighted by atomic mass is 16.4. The molecule has 0 aliphatic carbocycles. The Bertz CT molecular complexity index is 267. The van der Waals surface area contributed by atoms with E-state index in [1.54, 1.807) is 6.92 Å². The van der Waals surface area contributed by atoms with Crippen molar-refractivity contribution in [2.24, 2.45) is 5.73 Å². The highest BCUT2D eigenvalue weighted by molar-refractivity contribution is 5.89. The second kappa shape index (κ2) is 5.84. The minimum Gasteiger partial charge on any atom is -0.480 e. The first kappa shape index (κ1) is 13.2. The van der Waals surface area contributed by atoms with Crippen molar-refractivity contribution in [3.8, 4) is 0 Å². The van der Waals surface area contributed by atoms with Crippen molar-refractivity contribution in [1.29, 1.82) is 0 Å². The SMILES string of the molecule is CC[C@@H](NC(=O)C(C)NC(N)=O)C(=O)O. The topological polar surface area (TPSA) is 122 Å². The molecule has 0 bridgehead atoms. The fraction of sp³-hybridized carbons (Fsp3) is 0.625. The molecule has 5 N–H and O–H groups in total. The predicted octanol–water partition coefficient (Wildman–Crippen LogP) is -0.977. The average molecular weight is 217 g/mol. The molecule has 0 fully saturated rings. The van der Waals surface area contributed by atoms with Crippen molar-refractivity contribution in [3.05, 3.63) is 0 Å². The van der Waals surface area contributed by atoms with Gasteiger partial charge in [0, 0.05) is 0 Å². The Morgan fingerprint density at radius 3 is 2.20 bits per heavy atom. The second-order valence-corrected chi connectivity index (χ2v) is 3.04. The van der Waals surface area contributed by atoms with E-state index in [1.807, 2.05) is 0 Å². The van der Waals surface area contributed by atoms with Crippen molar-refractivity contribution >= 4 is 17.9 Å². The molecule has 86 valence electrons. The second-order valence-electron chi connectivity index (χ2n) is 3.04. The van der Waals surface area contributed by atoms with Gasteiger partial charge in [0.1, 0.15) is 12.1 Å². The number of hydrogen-bond donors (Lipinski definition) is 4. The maximum absolute atomic E-state index is 11.3. The summed E-state index contributed by atoms with van der Waals surface area (Å²) in [5.41, 5.74) is 4.81. The molecule has 1 unspecified atom stereocenters. The number of urea groups is 1. The van der Waals surface area contributed by atoms with Gasteiger partial charge < -0.3 is 21.5 Å². The third-order valence-corrected chi connectivity index (χ3v) is 1.77. The van der Waals surface area contributed by atoms with E-state index in [9.17, 15) is 14.4 Å². The normalized spacial score (nSPS) is 13.7. The molecule has 0 rings (SSSR count). The number of hydrogen-bond acceptors (Lipinski definition) is 3. The fourth-order valence-corrected chi connectivity index (χ4v) is 0.914. The molecule has 0 aromatic rings. The number of nitrogens with one attached hydrogen (secondary N) is 2. The van der Waals surface area contributed by atoms with Crippen molar-refractivity contribution in [3.63, 3.8) is 0 Å². The summed E-state index contributed by atoms with van der Waals surface area (Å²) < 4.78 is 0. The molecule has 0 heterocycles. The molecule has 0 radical (unpaired) electrons. The molecule has 3 amide bonds. The Hall–Kier alpha value is -1.79. The summed E-state index contributed by atoms with van der Waals surface area (Å²) in [6.07, 6.45) is 0.268. The molecule has 0 aliphatic rings. The Labute approximate surface area is 87.0 Å². The van der Waals surface area contributed by atoms with Crippen LogP contribution < -0.4 is 16.4 Å². The van der Waals surface area contributed by atoms with Gasteiger partial charge in [0.25, 0.3) is 0 Å². The molecule has 2 atom stereocenters. The van der Waals surface area contributed by atoms with Crippen LogP contribution in [0.4, 0.5) is 4.79 Å². The van der Waals surface area contributed by atoms with Crippen molar-refractivity contribution < 1.29 is 19.5 Å². The van der Waals surface area contributed by atoms with Crippen LogP contribution in [0.25, 0.3) is 0 Å². The molecular formula is C8H15N3O4. The van der Waals surface area contributed by atoms with E-state index in [0.29, 0.717) is 0 Å². The first-order valence-corrected chi connectivity index (χ1v) is 4.47. The van der Waals surface area contributed by atoms with Gasteiger partial charge in [-0.15, -0.1) is 0 Å². The summed E-state index contributed by atoms with van der Waals surface area (Å²) in [5.74, 6) is -1.69. The van der Waals surface area contributed by atoms with Crippen LogP contribution in [0.2, 0.25) is 0 Å². The lowest BCUT2D eigenvalue weighted by Gasteiger charge is -2.16. The number of aliphatic carboxylic acids is 1. The first-order chi connectivity index (χ1) is 6.88. The summed E-state index contributed by atoms with van der Waals surface area (Å²) in [4.78, 5) is 32.3. The number of primary amides is 1. The largest absolute Gasteiger partial charge is 0.480 e. The lowest BCUT2D eigenvalue weighted by molar-refractivity contribution is -0.142. The molecule has 0 spiro atoms. The zero-order chi connectivity index (χ0) is 12.0. The standard InChI is InChI=1S/C8H15N3O4/c1-3-5(7(13)14)11-6(12)4(2)10-8(9)15/h4-5H,3H2,1-2H3,(H,11,12)(H,13,14)(H3,9,10,15)/t4?,5-/m1/s1. The van der Waals surface area contributed by atoms with Crippen molar-refractivity contribution in [1.82, 2.24) is 10.6 Å². The van der Waals surface area contributed by atoms with E-state index >= 15 is 0 Å².